The van der Waals surface area contributed by atoms with E-state index in [9.17, 15) is 4.79 Å². The Hall–Kier alpha value is -1.77. The van der Waals surface area contributed by atoms with E-state index in [1.807, 2.05) is 6.20 Å². The molecule has 1 amide bonds. The molecule has 1 aromatic carbocycles. The van der Waals surface area contributed by atoms with E-state index in [1.165, 1.54) is 5.56 Å². The summed E-state index contributed by atoms with van der Waals surface area (Å²) in [5, 5.41) is 3.75. The van der Waals surface area contributed by atoms with Crippen LogP contribution in [0.2, 0.25) is 0 Å². The molecule has 3 heteroatoms. The molecule has 0 unspecified atom stereocenters. The molecule has 0 aliphatic rings. The van der Waals surface area contributed by atoms with Crippen LogP contribution in [-0.4, -0.2) is 17.5 Å². The van der Waals surface area contributed by atoms with Gasteiger partial charge in [-0.3, -0.25) is 4.79 Å². The molecule has 0 aliphatic heterocycles. The summed E-state index contributed by atoms with van der Waals surface area (Å²) in [6.45, 7) is 9.51. The first-order valence-corrected chi connectivity index (χ1v) is 6.74. The summed E-state index contributed by atoms with van der Waals surface area (Å²) in [6.07, 6.45) is 1.94. The summed E-state index contributed by atoms with van der Waals surface area (Å²) >= 11 is 0. The van der Waals surface area contributed by atoms with Gasteiger partial charge in [0.15, 0.2) is 0 Å². The Morgan fingerprint density at radius 1 is 1.32 bits per heavy atom. The van der Waals surface area contributed by atoms with Gasteiger partial charge in [0, 0.05) is 30.7 Å². The number of nitrogens with zero attached hydrogens (tertiary/aromatic N) is 1. The molecule has 1 aromatic heterocycles. The lowest BCUT2D eigenvalue weighted by Gasteiger charge is -2.19. The van der Waals surface area contributed by atoms with Gasteiger partial charge >= 0.3 is 0 Å². The number of amides is 1. The molecule has 0 saturated heterocycles. The standard InChI is InChI=1S/C16H22N2O/c1-6-18-10-13(15(19)17-5)12-9-11(16(2,3)4)7-8-14(12)18/h7-10H,6H2,1-5H3,(H,17,19). The van der Waals surface area contributed by atoms with Gasteiger partial charge < -0.3 is 9.88 Å². The molecule has 0 fully saturated rings. The molecule has 19 heavy (non-hydrogen) atoms. The number of benzene rings is 1. The van der Waals surface area contributed by atoms with Crippen molar-refractivity contribution in [1.29, 1.82) is 0 Å². The largest absolute Gasteiger partial charge is 0.355 e. The van der Waals surface area contributed by atoms with Crippen LogP contribution in [0.3, 0.4) is 0 Å². The summed E-state index contributed by atoms with van der Waals surface area (Å²) in [5.74, 6) is -0.0248. The zero-order valence-electron chi connectivity index (χ0n) is 12.4. The molecule has 0 atom stereocenters. The van der Waals surface area contributed by atoms with E-state index >= 15 is 0 Å². The van der Waals surface area contributed by atoms with Crippen LogP contribution in [-0.2, 0) is 12.0 Å². The molecule has 3 nitrogen and oxygen atoms in total. The lowest BCUT2D eigenvalue weighted by molar-refractivity contribution is 0.0964. The maximum Gasteiger partial charge on any atom is 0.253 e. The van der Waals surface area contributed by atoms with Crippen molar-refractivity contribution >= 4 is 16.8 Å². The van der Waals surface area contributed by atoms with Crippen LogP contribution in [0.4, 0.5) is 0 Å². The molecular weight excluding hydrogens is 236 g/mol. The summed E-state index contributed by atoms with van der Waals surface area (Å²) in [7, 11) is 1.67. The van der Waals surface area contributed by atoms with Crippen molar-refractivity contribution in [2.45, 2.75) is 39.7 Å². The predicted molar refractivity (Wildman–Crippen MR) is 79.7 cm³/mol. The number of carbonyl (C=O) groups excluding carboxylic acids is 1. The summed E-state index contributed by atoms with van der Waals surface area (Å²) in [4.78, 5) is 12.0. The molecule has 1 heterocycles. The highest BCUT2D eigenvalue weighted by Crippen LogP contribution is 2.29. The minimum absolute atomic E-state index is 0.0248. The Kier molecular flexibility index (Phi) is 3.40. The summed E-state index contributed by atoms with van der Waals surface area (Å²) < 4.78 is 2.12. The third-order valence-electron chi connectivity index (χ3n) is 3.56. The number of aryl methyl sites for hydroxylation is 1. The summed E-state index contributed by atoms with van der Waals surface area (Å²) in [5.41, 5.74) is 3.21. The van der Waals surface area contributed by atoms with Crippen molar-refractivity contribution in [1.82, 2.24) is 9.88 Å². The fourth-order valence-electron chi connectivity index (χ4n) is 2.34. The molecular formula is C16H22N2O. The number of hydrogen-bond acceptors (Lipinski definition) is 1. The molecule has 1 N–H and O–H groups in total. The second kappa shape index (κ2) is 4.72. The Balaban J connectivity index is 2.72. The third kappa shape index (κ3) is 2.37. The zero-order chi connectivity index (χ0) is 14.2. The highest BCUT2D eigenvalue weighted by atomic mass is 16.1. The smallest absolute Gasteiger partial charge is 0.253 e. The second-order valence-corrected chi connectivity index (χ2v) is 5.89. The van der Waals surface area contributed by atoms with Gasteiger partial charge in [0.05, 0.1) is 5.56 Å². The van der Waals surface area contributed by atoms with Crippen LogP contribution >= 0.6 is 0 Å². The van der Waals surface area contributed by atoms with Gasteiger partial charge in [-0.1, -0.05) is 26.8 Å². The fraction of sp³-hybridized carbons (Fsp3) is 0.438. The topological polar surface area (TPSA) is 34.0 Å². The van der Waals surface area contributed by atoms with E-state index in [0.29, 0.717) is 0 Å². The maximum atomic E-state index is 12.0. The van der Waals surface area contributed by atoms with Gasteiger partial charge in [0.1, 0.15) is 0 Å². The van der Waals surface area contributed by atoms with Gasteiger partial charge in [-0.25, -0.2) is 0 Å². The van der Waals surface area contributed by atoms with Crippen molar-refractivity contribution in [2.75, 3.05) is 7.05 Å². The molecule has 2 rings (SSSR count). The Bertz CT molecular complexity index is 617. The first kappa shape index (κ1) is 13.7. The first-order valence-electron chi connectivity index (χ1n) is 6.74. The van der Waals surface area contributed by atoms with E-state index in [2.05, 4.69) is 55.8 Å². The van der Waals surface area contributed by atoms with Crippen molar-refractivity contribution in [3.63, 3.8) is 0 Å². The lowest BCUT2D eigenvalue weighted by atomic mass is 9.86. The van der Waals surface area contributed by atoms with E-state index in [4.69, 9.17) is 0 Å². The Morgan fingerprint density at radius 2 is 2.00 bits per heavy atom. The highest BCUT2D eigenvalue weighted by Gasteiger charge is 2.18. The van der Waals surface area contributed by atoms with Crippen LogP contribution in [0.5, 0.6) is 0 Å². The zero-order valence-corrected chi connectivity index (χ0v) is 12.4. The van der Waals surface area contributed by atoms with Crippen molar-refractivity contribution < 1.29 is 4.79 Å². The number of hydrogen-bond donors (Lipinski definition) is 1. The molecule has 0 saturated carbocycles. The normalized spacial score (nSPS) is 11.8. The van der Waals surface area contributed by atoms with E-state index < -0.39 is 0 Å². The molecule has 0 aliphatic carbocycles. The number of fused-ring (bicyclic) bond motifs is 1. The van der Waals surface area contributed by atoms with Crippen LogP contribution in [0, 0.1) is 0 Å². The summed E-state index contributed by atoms with van der Waals surface area (Å²) in [6, 6.07) is 6.42. The molecule has 0 bridgehead atoms. The third-order valence-corrected chi connectivity index (χ3v) is 3.56. The monoisotopic (exact) mass is 258 g/mol. The minimum Gasteiger partial charge on any atom is -0.355 e. The maximum absolute atomic E-state index is 12.0. The lowest BCUT2D eigenvalue weighted by Crippen LogP contribution is -2.17. The van der Waals surface area contributed by atoms with Gasteiger partial charge in [0.2, 0.25) is 0 Å². The quantitative estimate of drug-likeness (QED) is 0.881. The van der Waals surface area contributed by atoms with Gasteiger partial charge in [0.25, 0.3) is 5.91 Å². The van der Waals surface area contributed by atoms with Crippen LogP contribution in [0.15, 0.2) is 24.4 Å². The van der Waals surface area contributed by atoms with Crippen LogP contribution < -0.4 is 5.32 Å². The first-order chi connectivity index (χ1) is 8.88. The molecule has 0 radical (unpaired) electrons. The minimum atomic E-state index is -0.0248. The Labute approximate surface area is 114 Å². The average molecular weight is 258 g/mol. The second-order valence-electron chi connectivity index (χ2n) is 5.89. The number of nitrogens with one attached hydrogen (secondary N) is 1. The van der Waals surface area contributed by atoms with Gasteiger partial charge in [-0.2, -0.15) is 0 Å². The van der Waals surface area contributed by atoms with E-state index in [0.717, 1.165) is 23.0 Å². The van der Waals surface area contributed by atoms with Gasteiger partial charge in [-0.15, -0.1) is 0 Å². The molecule has 2 aromatic rings. The van der Waals surface area contributed by atoms with Crippen molar-refractivity contribution in [3.05, 3.63) is 35.5 Å². The highest BCUT2D eigenvalue weighted by molar-refractivity contribution is 6.07. The van der Waals surface area contributed by atoms with Crippen molar-refractivity contribution in [2.24, 2.45) is 0 Å². The molecule has 102 valence electrons. The number of rotatable bonds is 2. The SMILES string of the molecule is CCn1cc(C(=O)NC)c2cc(C(C)(C)C)ccc21. The number of aromatic nitrogens is 1. The van der Waals surface area contributed by atoms with Crippen molar-refractivity contribution in [3.8, 4) is 0 Å². The van der Waals surface area contributed by atoms with E-state index in [1.54, 1.807) is 7.05 Å². The fourth-order valence-corrected chi connectivity index (χ4v) is 2.34. The van der Waals surface area contributed by atoms with Crippen LogP contribution in [0.1, 0.15) is 43.6 Å². The average Bonchev–Trinajstić information content (AvgIpc) is 2.74. The Morgan fingerprint density at radius 3 is 2.53 bits per heavy atom. The number of carbonyl (C=O) groups is 1. The van der Waals surface area contributed by atoms with Crippen LogP contribution in [0.25, 0.3) is 10.9 Å². The predicted octanol–water partition coefficient (Wildman–Crippen LogP) is 3.32. The van der Waals surface area contributed by atoms with Gasteiger partial charge in [-0.05, 0) is 30.0 Å². The molecule has 0 spiro atoms. The van der Waals surface area contributed by atoms with E-state index in [-0.39, 0.29) is 11.3 Å².